The summed E-state index contributed by atoms with van der Waals surface area (Å²) in [5, 5.41) is 4.03. The average Bonchev–Trinajstić information content (AvgIpc) is 2.43. The summed E-state index contributed by atoms with van der Waals surface area (Å²) in [4.78, 5) is 11.7. The normalized spacial score (nSPS) is 10.7. The lowest BCUT2D eigenvalue weighted by atomic mass is 10.0. The molecule has 2 aromatic rings. The van der Waals surface area contributed by atoms with Crippen molar-refractivity contribution in [1.82, 2.24) is 5.43 Å². The Morgan fingerprint density at radius 1 is 1.05 bits per heavy atom. The van der Waals surface area contributed by atoms with E-state index in [1.165, 1.54) is 0 Å². The Hall–Kier alpha value is -2.42. The Balaban J connectivity index is 1.95. The highest BCUT2D eigenvalue weighted by atomic mass is 16.2. The Morgan fingerprint density at radius 2 is 1.70 bits per heavy atom. The predicted molar refractivity (Wildman–Crippen MR) is 81.8 cm³/mol. The van der Waals surface area contributed by atoms with Crippen molar-refractivity contribution in [2.45, 2.75) is 20.3 Å². The molecule has 3 heteroatoms. The molecule has 0 radical (unpaired) electrons. The van der Waals surface area contributed by atoms with Crippen LogP contribution in [0.2, 0.25) is 0 Å². The molecule has 3 nitrogen and oxygen atoms in total. The van der Waals surface area contributed by atoms with Crippen LogP contribution in [0.1, 0.15) is 22.3 Å². The number of hydrazone groups is 1. The zero-order valence-electron chi connectivity index (χ0n) is 11.8. The lowest BCUT2D eigenvalue weighted by Gasteiger charge is -2.04. The monoisotopic (exact) mass is 266 g/mol. The van der Waals surface area contributed by atoms with E-state index in [1.54, 1.807) is 6.21 Å². The van der Waals surface area contributed by atoms with Gasteiger partial charge in [-0.2, -0.15) is 5.10 Å². The van der Waals surface area contributed by atoms with Gasteiger partial charge in [-0.05, 0) is 30.5 Å². The third-order valence-corrected chi connectivity index (χ3v) is 3.13. The number of amides is 1. The van der Waals surface area contributed by atoms with Crippen molar-refractivity contribution >= 4 is 12.1 Å². The van der Waals surface area contributed by atoms with E-state index in [-0.39, 0.29) is 5.91 Å². The van der Waals surface area contributed by atoms with Gasteiger partial charge >= 0.3 is 0 Å². The maximum absolute atomic E-state index is 11.7. The summed E-state index contributed by atoms with van der Waals surface area (Å²) in [6.07, 6.45) is 2.04. The van der Waals surface area contributed by atoms with E-state index in [9.17, 15) is 4.79 Å². The van der Waals surface area contributed by atoms with Crippen LogP contribution >= 0.6 is 0 Å². The molecule has 0 saturated carbocycles. The van der Waals surface area contributed by atoms with Crippen molar-refractivity contribution in [1.29, 1.82) is 0 Å². The molecule has 0 saturated heterocycles. The molecular weight excluding hydrogens is 248 g/mol. The molecule has 0 aromatic heterocycles. The first-order valence-corrected chi connectivity index (χ1v) is 6.59. The number of aryl methyl sites for hydroxylation is 2. The summed E-state index contributed by atoms with van der Waals surface area (Å²) in [5.41, 5.74) is 6.88. The molecule has 0 aliphatic carbocycles. The second-order valence-corrected chi connectivity index (χ2v) is 4.76. The number of nitrogens with zero attached hydrogens (tertiary/aromatic N) is 1. The van der Waals surface area contributed by atoms with Crippen molar-refractivity contribution < 1.29 is 4.79 Å². The van der Waals surface area contributed by atoms with Crippen molar-refractivity contribution in [2.75, 3.05) is 0 Å². The van der Waals surface area contributed by atoms with Crippen LogP contribution < -0.4 is 5.43 Å². The summed E-state index contributed by atoms with van der Waals surface area (Å²) in [7, 11) is 0. The van der Waals surface area contributed by atoms with Gasteiger partial charge in [-0.15, -0.1) is 0 Å². The van der Waals surface area contributed by atoms with Gasteiger partial charge in [-0.3, -0.25) is 4.79 Å². The molecular formula is C17H18N2O. The van der Waals surface area contributed by atoms with E-state index >= 15 is 0 Å². The second-order valence-electron chi connectivity index (χ2n) is 4.76. The molecule has 0 unspecified atom stereocenters. The molecule has 102 valence electrons. The molecule has 20 heavy (non-hydrogen) atoms. The highest BCUT2D eigenvalue weighted by molar-refractivity contribution is 5.85. The Labute approximate surface area is 119 Å². The maximum atomic E-state index is 11.7. The zero-order chi connectivity index (χ0) is 14.4. The van der Waals surface area contributed by atoms with Crippen LogP contribution in [0, 0.1) is 13.8 Å². The molecule has 0 spiro atoms. The topological polar surface area (TPSA) is 41.5 Å². The van der Waals surface area contributed by atoms with Crippen molar-refractivity contribution in [2.24, 2.45) is 5.10 Å². The Bertz CT molecular complexity index is 598. The third-order valence-electron chi connectivity index (χ3n) is 3.13. The highest BCUT2D eigenvalue weighted by Gasteiger charge is 2.02. The zero-order valence-corrected chi connectivity index (χ0v) is 11.8. The smallest absolute Gasteiger partial charge is 0.244 e. The van der Waals surface area contributed by atoms with Crippen LogP contribution in [0.15, 0.2) is 53.6 Å². The van der Waals surface area contributed by atoms with E-state index in [0.29, 0.717) is 6.42 Å². The largest absolute Gasteiger partial charge is 0.273 e. The second kappa shape index (κ2) is 6.66. The fourth-order valence-electron chi connectivity index (χ4n) is 2.02. The molecule has 2 aromatic carbocycles. The minimum atomic E-state index is -0.112. The fourth-order valence-corrected chi connectivity index (χ4v) is 2.02. The van der Waals surface area contributed by atoms with E-state index < -0.39 is 0 Å². The maximum Gasteiger partial charge on any atom is 0.244 e. The van der Waals surface area contributed by atoms with Crippen molar-refractivity contribution in [3.8, 4) is 0 Å². The minimum Gasteiger partial charge on any atom is -0.273 e. The highest BCUT2D eigenvalue weighted by Crippen LogP contribution is 2.10. The number of hydrogen-bond donors (Lipinski definition) is 1. The number of rotatable bonds is 4. The van der Waals surface area contributed by atoms with E-state index in [0.717, 1.165) is 22.3 Å². The van der Waals surface area contributed by atoms with Crippen LogP contribution in [-0.4, -0.2) is 12.1 Å². The van der Waals surface area contributed by atoms with Crippen LogP contribution in [0.25, 0.3) is 0 Å². The van der Waals surface area contributed by atoms with Gasteiger partial charge in [0, 0.05) is 5.56 Å². The standard InChI is InChI=1S/C17H18N2O/c1-13-7-6-8-14(2)16(13)12-18-19-17(20)11-15-9-4-3-5-10-15/h3-10,12H,11H2,1-2H3,(H,19,20)/b18-12+. The lowest BCUT2D eigenvalue weighted by Crippen LogP contribution is -2.19. The molecule has 0 aliphatic heterocycles. The Kier molecular flexibility index (Phi) is 4.66. The molecule has 0 bridgehead atoms. The number of nitrogens with one attached hydrogen (secondary N) is 1. The molecule has 2 rings (SSSR count). The fraction of sp³-hybridized carbons (Fsp3) is 0.176. The molecule has 0 fully saturated rings. The Morgan fingerprint density at radius 3 is 2.35 bits per heavy atom. The lowest BCUT2D eigenvalue weighted by molar-refractivity contribution is -0.120. The first-order chi connectivity index (χ1) is 9.66. The van der Waals surface area contributed by atoms with Crippen molar-refractivity contribution in [3.63, 3.8) is 0 Å². The average molecular weight is 266 g/mol. The van der Waals surface area contributed by atoms with Crippen molar-refractivity contribution in [3.05, 3.63) is 70.8 Å². The van der Waals surface area contributed by atoms with E-state index in [2.05, 4.69) is 10.5 Å². The van der Waals surface area contributed by atoms with Gasteiger partial charge in [0.05, 0.1) is 12.6 Å². The van der Waals surface area contributed by atoms with E-state index in [1.807, 2.05) is 62.4 Å². The molecule has 0 heterocycles. The number of carbonyl (C=O) groups is 1. The van der Waals surface area contributed by atoms with E-state index in [4.69, 9.17) is 0 Å². The number of hydrogen-bond acceptors (Lipinski definition) is 2. The van der Waals surface area contributed by atoms with Crippen LogP contribution in [0.4, 0.5) is 0 Å². The van der Waals surface area contributed by atoms with Crippen LogP contribution in [0.3, 0.4) is 0 Å². The molecule has 0 aliphatic rings. The van der Waals surface area contributed by atoms with Gasteiger partial charge in [0.2, 0.25) is 5.91 Å². The van der Waals surface area contributed by atoms with Gasteiger partial charge in [0.1, 0.15) is 0 Å². The predicted octanol–water partition coefficient (Wildman–Crippen LogP) is 3.00. The summed E-state index contributed by atoms with van der Waals surface area (Å²) >= 11 is 0. The summed E-state index contributed by atoms with van der Waals surface area (Å²) < 4.78 is 0. The molecule has 0 atom stereocenters. The first kappa shape index (κ1) is 14.0. The van der Waals surface area contributed by atoms with Crippen LogP contribution in [-0.2, 0) is 11.2 Å². The summed E-state index contributed by atoms with van der Waals surface area (Å²) in [5.74, 6) is -0.112. The van der Waals surface area contributed by atoms with Gasteiger partial charge < -0.3 is 0 Å². The summed E-state index contributed by atoms with van der Waals surface area (Å²) in [6, 6.07) is 15.7. The SMILES string of the molecule is Cc1cccc(C)c1/C=N/NC(=O)Cc1ccccc1. The van der Waals surface area contributed by atoms with Gasteiger partial charge in [0.15, 0.2) is 0 Å². The third kappa shape index (κ3) is 3.79. The molecule has 1 N–H and O–H groups in total. The first-order valence-electron chi connectivity index (χ1n) is 6.59. The molecule has 1 amide bonds. The van der Waals surface area contributed by atoms with Crippen LogP contribution in [0.5, 0.6) is 0 Å². The van der Waals surface area contributed by atoms with Gasteiger partial charge in [-0.25, -0.2) is 5.43 Å². The minimum absolute atomic E-state index is 0.112. The van der Waals surface area contributed by atoms with Gasteiger partial charge in [-0.1, -0.05) is 48.5 Å². The van der Waals surface area contributed by atoms with Gasteiger partial charge in [0.25, 0.3) is 0 Å². The summed E-state index contributed by atoms with van der Waals surface area (Å²) in [6.45, 7) is 4.06. The quantitative estimate of drug-likeness (QED) is 0.671. The number of carbonyl (C=O) groups excluding carboxylic acids is 1. The number of benzene rings is 2.